The molecule has 0 fully saturated rings. The van der Waals surface area contributed by atoms with Gasteiger partial charge in [-0.1, -0.05) is 42.5 Å². The van der Waals surface area contributed by atoms with Gasteiger partial charge in [0.05, 0.1) is 28.7 Å². The zero-order valence-electron chi connectivity index (χ0n) is 18.0. The van der Waals surface area contributed by atoms with Crippen LogP contribution in [0.25, 0.3) is 27.8 Å². The second kappa shape index (κ2) is 7.15. The fourth-order valence-electron chi connectivity index (χ4n) is 5.09. The number of para-hydroxylation sites is 2. The number of hydrogen-bond donors (Lipinski definition) is 4. The van der Waals surface area contributed by atoms with Gasteiger partial charge in [-0.25, -0.2) is 4.98 Å². The highest BCUT2D eigenvalue weighted by Gasteiger charge is 2.48. The predicted octanol–water partition coefficient (Wildman–Crippen LogP) is 3.69. The highest BCUT2D eigenvalue weighted by atomic mass is 16.3. The molecule has 0 aromatic heterocycles. The number of aromatic hydroxyl groups is 1. The summed E-state index contributed by atoms with van der Waals surface area (Å²) >= 11 is 0. The molecule has 3 aliphatic rings. The van der Waals surface area contributed by atoms with Crippen molar-refractivity contribution in [1.82, 2.24) is 14.9 Å². The third kappa shape index (κ3) is 2.69. The number of rotatable bonds is 4. The molecule has 0 amide bonds. The number of likely N-dealkylation sites (N-methyl/N-ethyl adjacent to an activating group) is 1. The minimum absolute atomic E-state index is 0.0470. The van der Waals surface area contributed by atoms with Gasteiger partial charge in [-0.3, -0.25) is 0 Å². The average molecular weight is 437 g/mol. The van der Waals surface area contributed by atoms with Crippen molar-refractivity contribution < 1.29 is 15.3 Å². The molecule has 0 spiro atoms. The zero-order valence-corrected chi connectivity index (χ0v) is 18.0. The number of aliphatic hydroxyl groups is 2. The minimum atomic E-state index is -1.66. The molecule has 3 heterocycles. The lowest BCUT2D eigenvalue weighted by molar-refractivity contribution is 0.123. The number of hydrogen-bond acceptors (Lipinski definition) is 5. The molecule has 2 unspecified atom stereocenters. The number of nitrogens with zero attached hydrogens (tertiary/aromatic N) is 2. The second-order valence-electron chi connectivity index (χ2n) is 8.50. The van der Waals surface area contributed by atoms with E-state index in [9.17, 15) is 15.3 Å². The van der Waals surface area contributed by atoms with Gasteiger partial charge in [0, 0.05) is 34.8 Å². The van der Waals surface area contributed by atoms with Crippen molar-refractivity contribution in [1.29, 1.82) is 0 Å². The molecule has 6 rings (SSSR count). The van der Waals surface area contributed by atoms with E-state index in [0.29, 0.717) is 34.6 Å². The molecule has 6 heteroatoms. The first kappa shape index (κ1) is 19.9. The Hall–Kier alpha value is -3.71. The molecule has 2 atom stereocenters. The normalized spacial score (nSPS) is 17.9. The Morgan fingerprint density at radius 1 is 1.00 bits per heavy atom. The van der Waals surface area contributed by atoms with Crippen LogP contribution in [0.15, 0.2) is 79.0 Å². The van der Waals surface area contributed by atoms with E-state index in [4.69, 9.17) is 4.98 Å². The Balaban J connectivity index is 1.69. The summed E-state index contributed by atoms with van der Waals surface area (Å²) in [6.07, 6.45) is 1.16. The van der Waals surface area contributed by atoms with Crippen molar-refractivity contribution in [2.45, 2.75) is 11.7 Å². The molecule has 6 nitrogen and oxygen atoms in total. The maximum atomic E-state index is 12.5. The maximum absolute atomic E-state index is 12.5. The number of phenols is 1. The highest BCUT2D eigenvalue weighted by molar-refractivity contribution is 5.98. The lowest BCUT2D eigenvalue weighted by Gasteiger charge is -2.28. The van der Waals surface area contributed by atoms with Crippen molar-refractivity contribution in [3.8, 4) is 22.7 Å². The highest BCUT2D eigenvalue weighted by Crippen LogP contribution is 2.52. The molecule has 0 saturated carbocycles. The number of nitrogens with one attached hydrogen (secondary N) is 1. The average Bonchev–Trinajstić information content (AvgIpc) is 3.33. The predicted molar refractivity (Wildman–Crippen MR) is 127 cm³/mol. The molecule has 0 aliphatic carbocycles. The van der Waals surface area contributed by atoms with E-state index in [-0.39, 0.29) is 5.75 Å². The Morgan fingerprint density at radius 2 is 1.79 bits per heavy atom. The van der Waals surface area contributed by atoms with Crippen molar-refractivity contribution >= 4 is 10.9 Å². The van der Waals surface area contributed by atoms with E-state index in [0.717, 1.165) is 22.2 Å². The number of aromatic nitrogens is 2. The summed E-state index contributed by atoms with van der Waals surface area (Å²) in [5, 5.41) is 38.0. The minimum Gasteiger partial charge on any atom is -0.508 e. The van der Waals surface area contributed by atoms with Gasteiger partial charge < -0.3 is 25.2 Å². The van der Waals surface area contributed by atoms with Crippen molar-refractivity contribution in [2.75, 3.05) is 13.6 Å². The maximum Gasteiger partial charge on any atom is 0.163 e. The number of benzene rings is 3. The molecule has 3 aromatic carbocycles. The monoisotopic (exact) mass is 437 g/mol. The fourth-order valence-corrected chi connectivity index (χ4v) is 5.09. The summed E-state index contributed by atoms with van der Waals surface area (Å²) in [4.78, 5) is 4.89. The molecule has 164 valence electrons. The summed E-state index contributed by atoms with van der Waals surface area (Å²) in [7, 11) is 1.76. The summed E-state index contributed by atoms with van der Waals surface area (Å²) < 4.78 is 1.94. The lowest BCUT2D eigenvalue weighted by Crippen LogP contribution is -2.29. The largest absolute Gasteiger partial charge is 0.508 e. The Kier molecular flexibility index (Phi) is 4.32. The standard InChI is InChI=1S/C27H23N3O3/c1-28-15-24(32)16-10-11-23(31)20(14-16)27(33)19-7-3-5-9-22(19)30-13-12-18-17-6-2-4-8-21(17)29-25(18)26(27)30/h2-14,24,28,31-33H,15H2,1H3. The van der Waals surface area contributed by atoms with E-state index < -0.39 is 11.7 Å². The molecule has 4 N–H and O–H groups in total. The molecular formula is C27H23N3O3. The number of aliphatic hydroxyl groups excluding tert-OH is 1. The third-order valence-corrected chi connectivity index (χ3v) is 6.63. The van der Waals surface area contributed by atoms with Crippen LogP contribution in [0.3, 0.4) is 0 Å². The van der Waals surface area contributed by atoms with Gasteiger partial charge in [0.1, 0.15) is 5.75 Å². The molecule has 3 aromatic rings. The van der Waals surface area contributed by atoms with E-state index in [2.05, 4.69) is 5.32 Å². The number of phenolic OH excluding ortho intramolecular Hbond substituents is 1. The number of pyridine rings is 1. The SMILES string of the molecule is CNCC(O)c1ccc(O)c(C2(O)c3ccccc3-n3ccc4c5ccccc5nc-4c32)c1. The quantitative estimate of drug-likeness (QED) is 0.344. The summed E-state index contributed by atoms with van der Waals surface area (Å²) in [6, 6.07) is 22.4. The second-order valence-corrected chi connectivity index (χ2v) is 8.50. The van der Waals surface area contributed by atoms with Crippen molar-refractivity contribution in [3.63, 3.8) is 0 Å². The van der Waals surface area contributed by atoms with Crippen molar-refractivity contribution in [2.24, 2.45) is 0 Å². The van der Waals surface area contributed by atoms with Crippen LogP contribution in [0.1, 0.15) is 28.5 Å². The van der Waals surface area contributed by atoms with E-state index in [1.54, 1.807) is 19.2 Å². The van der Waals surface area contributed by atoms with Crippen LogP contribution in [-0.2, 0) is 5.60 Å². The van der Waals surface area contributed by atoms with Crippen LogP contribution in [0.2, 0.25) is 0 Å². The third-order valence-electron chi connectivity index (χ3n) is 6.63. The van der Waals surface area contributed by atoms with Crippen molar-refractivity contribution in [3.05, 3.63) is 101 Å². The molecular weight excluding hydrogens is 414 g/mol. The zero-order chi connectivity index (χ0) is 22.7. The Bertz CT molecular complexity index is 1490. The smallest absolute Gasteiger partial charge is 0.163 e. The lowest BCUT2D eigenvalue weighted by atomic mass is 9.82. The summed E-state index contributed by atoms with van der Waals surface area (Å²) in [5.74, 6) is -0.0470. The Labute approximate surface area is 190 Å². The first-order valence-corrected chi connectivity index (χ1v) is 10.9. The topological polar surface area (TPSA) is 90.5 Å². The van der Waals surface area contributed by atoms with Gasteiger partial charge in [0.2, 0.25) is 0 Å². The molecule has 3 aliphatic heterocycles. The fraction of sp³-hybridized carbons (Fsp3) is 0.148. The van der Waals surface area contributed by atoms with Gasteiger partial charge in [-0.05, 0) is 42.9 Å². The first-order chi connectivity index (χ1) is 16.0. The van der Waals surface area contributed by atoms with Crippen LogP contribution >= 0.6 is 0 Å². The van der Waals surface area contributed by atoms with E-state index in [1.165, 1.54) is 6.07 Å². The van der Waals surface area contributed by atoms with Crippen LogP contribution < -0.4 is 5.32 Å². The van der Waals surface area contributed by atoms with Gasteiger partial charge >= 0.3 is 0 Å². The van der Waals surface area contributed by atoms with E-state index in [1.807, 2.05) is 65.4 Å². The molecule has 33 heavy (non-hydrogen) atoms. The van der Waals surface area contributed by atoms with Gasteiger partial charge in [-0.15, -0.1) is 0 Å². The van der Waals surface area contributed by atoms with Gasteiger partial charge in [-0.2, -0.15) is 0 Å². The van der Waals surface area contributed by atoms with Crippen LogP contribution in [0, 0.1) is 0 Å². The number of fused-ring (bicyclic) bond motifs is 7. The first-order valence-electron chi connectivity index (χ1n) is 10.9. The van der Waals surface area contributed by atoms with Gasteiger partial charge in [0.15, 0.2) is 5.60 Å². The molecule has 0 bridgehead atoms. The Morgan fingerprint density at radius 3 is 2.64 bits per heavy atom. The van der Waals surface area contributed by atoms with Crippen LogP contribution in [-0.4, -0.2) is 38.5 Å². The molecule has 0 saturated heterocycles. The van der Waals surface area contributed by atoms with E-state index >= 15 is 0 Å². The van der Waals surface area contributed by atoms with Crippen LogP contribution in [0.5, 0.6) is 5.75 Å². The summed E-state index contributed by atoms with van der Waals surface area (Å²) in [5.41, 5.74) is 3.78. The van der Waals surface area contributed by atoms with Gasteiger partial charge in [0.25, 0.3) is 0 Å². The summed E-state index contributed by atoms with van der Waals surface area (Å²) in [6.45, 7) is 0.352. The van der Waals surface area contributed by atoms with Crippen LogP contribution in [0.4, 0.5) is 0 Å². The molecule has 0 radical (unpaired) electrons.